The van der Waals surface area contributed by atoms with E-state index in [1.165, 1.54) is 16.3 Å². The summed E-state index contributed by atoms with van der Waals surface area (Å²) in [5.41, 5.74) is 4.49. The van der Waals surface area contributed by atoms with Gasteiger partial charge in [-0.25, -0.2) is 4.98 Å². The number of rotatable bonds is 5. The molecule has 6 nitrogen and oxygen atoms in total. The van der Waals surface area contributed by atoms with Crippen LogP contribution in [-0.4, -0.2) is 27.8 Å². The fraction of sp³-hybridized carbons (Fsp3) is 0.533. The summed E-state index contributed by atoms with van der Waals surface area (Å²) >= 11 is 1.70. The van der Waals surface area contributed by atoms with Crippen molar-refractivity contribution >= 4 is 41.3 Å². The lowest BCUT2D eigenvalue weighted by Gasteiger charge is -2.11. The van der Waals surface area contributed by atoms with Gasteiger partial charge < -0.3 is 10.6 Å². The molecule has 0 radical (unpaired) electrons. The Balaban J connectivity index is 0.00000264. The lowest BCUT2D eigenvalue weighted by molar-refractivity contribution is 0.728. The molecule has 0 amide bonds. The molecule has 0 fully saturated rings. The molecule has 0 aromatic carbocycles. The van der Waals surface area contributed by atoms with Gasteiger partial charge in [0.05, 0.1) is 22.9 Å². The van der Waals surface area contributed by atoms with Crippen molar-refractivity contribution in [2.75, 3.05) is 7.05 Å². The fourth-order valence-corrected chi connectivity index (χ4v) is 2.98. The average molecular weight is 448 g/mol. The van der Waals surface area contributed by atoms with Gasteiger partial charge in [0.15, 0.2) is 5.96 Å². The van der Waals surface area contributed by atoms with Gasteiger partial charge in [-0.2, -0.15) is 5.10 Å². The second-order valence-electron chi connectivity index (χ2n) is 5.14. The minimum Gasteiger partial charge on any atom is -0.352 e. The van der Waals surface area contributed by atoms with E-state index in [0.717, 1.165) is 23.8 Å². The third kappa shape index (κ3) is 5.17. The molecule has 0 aliphatic rings. The molecule has 0 spiro atoms. The van der Waals surface area contributed by atoms with Crippen LogP contribution in [0.1, 0.15) is 34.6 Å². The normalized spacial score (nSPS) is 11.3. The zero-order valence-electron chi connectivity index (χ0n) is 14.3. The maximum atomic E-state index is 4.54. The van der Waals surface area contributed by atoms with Crippen molar-refractivity contribution in [1.29, 1.82) is 0 Å². The second kappa shape index (κ2) is 9.21. The Hall–Kier alpha value is -1.16. The number of nitrogens with zero attached hydrogens (tertiary/aromatic N) is 4. The van der Waals surface area contributed by atoms with E-state index in [9.17, 15) is 0 Å². The van der Waals surface area contributed by atoms with Gasteiger partial charge in [-0.15, -0.1) is 35.3 Å². The molecular weight excluding hydrogens is 423 g/mol. The van der Waals surface area contributed by atoms with E-state index in [1.807, 2.05) is 18.7 Å². The Morgan fingerprint density at radius 3 is 2.52 bits per heavy atom. The molecule has 2 N–H and O–H groups in total. The number of hydrogen-bond acceptors (Lipinski definition) is 4. The Kier molecular flexibility index (Phi) is 7.97. The molecule has 2 aromatic rings. The lowest BCUT2D eigenvalue weighted by Crippen LogP contribution is -2.36. The Morgan fingerprint density at radius 2 is 2.00 bits per heavy atom. The highest BCUT2D eigenvalue weighted by Crippen LogP contribution is 2.11. The summed E-state index contributed by atoms with van der Waals surface area (Å²) in [7, 11) is 3.74. The van der Waals surface area contributed by atoms with Crippen LogP contribution >= 0.6 is 35.3 Å². The SMILES string of the molecule is CCc1nc(CNC(=NC)NCc2c(C)nn(C)c2C)cs1.I. The average Bonchev–Trinajstić information content (AvgIpc) is 3.06. The van der Waals surface area contributed by atoms with Crippen molar-refractivity contribution in [3.63, 3.8) is 0 Å². The number of guanidine groups is 1. The minimum absolute atomic E-state index is 0. The predicted octanol–water partition coefficient (Wildman–Crippen LogP) is 2.54. The first-order valence-electron chi connectivity index (χ1n) is 7.42. The number of nitrogens with one attached hydrogen (secondary N) is 2. The second-order valence-corrected chi connectivity index (χ2v) is 6.08. The maximum absolute atomic E-state index is 4.54. The molecule has 0 saturated heterocycles. The summed E-state index contributed by atoms with van der Waals surface area (Å²) in [4.78, 5) is 8.80. The molecule has 2 aromatic heterocycles. The van der Waals surface area contributed by atoms with Crippen molar-refractivity contribution in [2.24, 2.45) is 12.0 Å². The van der Waals surface area contributed by atoms with Crippen molar-refractivity contribution in [3.05, 3.63) is 33.0 Å². The van der Waals surface area contributed by atoms with Crippen LogP contribution in [0.2, 0.25) is 0 Å². The standard InChI is InChI=1S/C15H24N6S.HI/c1-6-14-19-12(9-22-14)7-17-15(16-4)18-8-13-10(2)20-21(5)11(13)3;/h9H,6-8H2,1-5H3,(H2,16,17,18);1H. The first-order chi connectivity index (χ1) is 10.5. The molecule has 2 heterocycles. The first-order valence-corrected chi connectivity index (χ1v) is 8.30. The van der Waals surface area contributed by atoms with Gasteiger partial charge in [0.25, 0.3) is 0 Å². The number of hydrogen-bond donors (Lipinski definition) is 2. The molecule has 0 aliphatic carbocycles. The van der Waals surface area contributed by atoms with Gasteiger partial charge in [-0.3, -0.25) is 9.67 Å². The third-order valence-electron chi connectivity index (χ3n) is 3.65. The molecule has 0 atom stereocenters. The highest BCUT2D eigenvalue weighted by atomic mass is 127. The van der Waals surface area contributed by atoms with Crippen molar-refractivity contribution in [3.8, 4) is 0 Å². The third-order valence-corrected chi connectivity index (χ3v) is 4.70. The highest BCUT2D eigenvalue weighted by Gasteiger charge is 2.10. The van der Waals surface area contributed by atoms with Gasteiger partial charge in [-0.1, -0.05) is 6.92 Å². The maximum Gasteiger partial charge on any atom is 0.191 e. The van der Waals surface area contributed by atoms with E-state index < -0.39 is 0 Å². The molecule has 0 saturated carbocycles. The van der Waals surface area contributed by atoms with Gasteiger partial charge in [0.2, 0.25) is 0 Å². The molecule has 0 unspecified atom stereocenters. The molecule has 23 heavy (non-hydrogen) atoms. The van der Waals surface area contributed by atoms with Crippen LogP contribution in [0.4, 0.5) is 0 Å². The number of halogens is 1. The zero-order chi connectivity index (χ0) is 16.1. The smallest absolute Gasteiger partial charge is 0.191 e. The highest BCUT2D eigenvalue weighted by molar-refractivity contribution is 14.0. The Labute approximate surface area is 158 Å². The molecule has 0 aliphatic heterocycles. The van der Waals surface area contributed by atoms with Crippen molar-refractivity contribution in [1.82, 2.24) is 25.4 Å². The number of aliphatic imine (C=N–C) groups is 1. The van der Waals surface area contributed by atoms with E-state index in [1.54, 1.807) is 18.4 Å². The molecule has 128 valence electrons. The van der Waals surface area contributed by atoms with E-state index >= 15 is 0 Å². The fourth-order valence-electron chi connectivity index (χ4n) is 2.23. The van der Waals surface area contributed by atoms with E-state index in [4.69, 9.17) is 0 Å². The predicted molar refractivity (Wildman–Crippen MR) is 107 cm³/mol. The number of aromatic nitrogens is 3. The zero-order valence-corrected chi connectivity index (χ0v) is 17.5. The Bertz CT molecular complexity index is 661. The first kappa shape index (κ1) is 19.9. The van der Waals surface area contributed by atoms with Crippen LogP contribution in [-0.2, 0) is 26.6 Å². The van der Waals surface area contributed by atoms with Gasteiger partial charge in [-0.05, 0) is 20.3 Å². The molecule has 8 heteroatoms. The van der Waals surface area contributed by atoms with Crippen LogP contribution in [0.25, 0.3) is 0 Å². The summed E-state index contributed by atoms with van der Waals surface area (Å²) in [5, 5.41) is 14.3. The largest absolute Gasteiger partial charge is 0.352 e. The minimum atomic E-state index is 0. The van der Waals surface area contributed by atoms with Gasteiger partial charge >= 0.3 is 0 Å². The van der Waals surface area contributed by atoms with Crippen molar-refractivity contribution < 1.29 is 0 Å². The summed E-state index contributed by atoms with van der Waals surface area (Å²) in [6, 6.07) is 0. The van der Waals surface area contributed by atoms with Gasteiger partial charge in [0.1, 0.15) is 0 Å². The van der Waals surface area contributed by atoms with Crippen LogP contribution in [0.3, 0.4) is 0 Å². The Morgan fingerprint density at radius 1 is 1.30 bits per heavy atom. The van der Waals surface area contributed by atoms with Crippen LogP contribution in [0.5, 0.6) is 0 Å². The number of thiazole rings is 1. The topological polar surface area (TPSA) is 67.1 Å². The summed E-state index contributed by atoms with van der Waals surface area (Å²) < 4.78 is 1.91. The lowest BCUT2D eigenvalue weighted by atomic mass is 10.2. The van der Waals surface area contributed by atoms with E-state index in [0.29, 0.717) is 13.1 Å². The summed E-state index contributed by atoms with van der Waals surface area (Å²) in [5.74, 6) is 0.772. The van der Waals surface area contributed by atoms with Crippen molar-refractivity contribution in [2.45, 2.75) is 40.3 Å². The van der Waals surface area contributed by atoms with Gasteiger partial charge in [0, 0.05) is 37.3 Å². The van der Waals surface area contributed by atoms with Crippen LogP contribution in [0, 0.1) is 13.8 Å². The summed E-state index contributed by atoms with van der Waals surface area (Å²) in [6.07, 6.45) is 0.983. The van der Waals surface area contributed by atoms with E-state index in [-0.39, 0.29) is 24.0 Å². The van der Waals surface area contributed by atoms with Crippen LogP contribution < -0.4 is 10.6 Å². The molecule has 2 rings (SSSR count). The molecular formula is C15H25IN6S. The monoisotopic (exact) mass is 448 g/mol. The van der Waals surface area contributed by atoms with E-state index in [2.05, 4.69) is 44.9 Å². The number of aryl methyl sites for hydroxylation is 3. The quantitative estimate of drug-likeness (QED) is 0.419. The molecule has 0 bridgehead atoms. The van der Waals surface area contributed by atoms with Crippen LogP contribution in [0.15, 0.2) is 10.4 Å². The summed E-state index contributed by atoms with van der Waals surface area (Å²) in [6.45, 7) is 7.62.